The standard InChI is InChI=1S/C21H28N2O2.ClH/c1-14-8-6-7-9-19(14)13-25-20-15(2)10-18(11-16(20)3)12-23(5)21(24)17(4)22;/h6-11,17H,12-13,22H2,1-5H3;1H/t17-;/m0./s1. The first-order valence-electron chi connectivity index (χ1n) is 8.57. The summed E-state index contributed by atoms with van der Waals surface area (Å²) in [6.07, 6.45) is 0. The maximum atomic E-state index is 12.0. The minimum Gasteiger partial charge on any atom is -0.488 e. The summed E-state index contributed by atoms with van der Waals surface area (Å²) in [6.45, 7) is 8.97. The van der Waals surface area contributed by atoms with Crippen molar-refractivity contribution >= 4 is 18.3 Å². The van der Waals surface area contributed by atoms with Crippen LogP contribution in [0.1, 0.15) is 34.7 Å². The molecule has 5 heteroatoms. The normalized spacial score (nSPS) is 11.5. The fourth-order valence-corrected chi connectivity index (χ4v) is 2.98. The highest BCUT2D eigenvalue weighted by atomic mass is 35.5. The number of nitrogens with zero attached hydrogens (tertiary/aromatic N) is 1. The van der Waals surface area contributed by atoms with E-state index in [1.807, 2.05) is 26.0 Å². The van der Waals surface area contributed by atoms with Gasteiger partial charge in [-0.25, -0.2) is 0 Å². The maximum absolute atomic E-state index is 12.0. The van der Waals surface area contributed by atoms with Gasteiger partial charge in [0.05, 0.1) is 6.04 Å². The van der Waals surface area contributed by atoms with E-state index in [-0.39, 0.29) is 18.3 Å². The third-order valence-corrected chi connectivity index (χ3v) is 4.34. The SMILES string of the molecule is Cc1ccccc1COc1c(C)cc(CN(C)C(=O)[C@H](C)N)cc1C.Cl. The Balaban J connectivity index is 0.00000338. The van der Waals surface area contributed by atoms with Crippen LogP contribution in [0.25, 0.3) is 0 Å². The molecule has 0 aliphatic heterocycles. The van der Waals surface area contributed by atoms with Crippen LogP contribution >= 0.6 is 12.4 Å². The number of rotatable bonds is 6. The number of ether oxygens (including phenoxy) is 1. The van der Waals surface area contributed by atoms with Crippen LogP contribution in [-0.4, -0.2) is 23.9 Å². The van der Waals surface area contributed by atoms with Crippen LogP contribution in [0, 0.1) is 20.8 Å². The second kappa shape index (κ2) is 9.60. The van der Waals surface area contributed by atoms with E-state index >= 15 is 0 Å². The average molecular weight is 377 g/mol. The van der Waals surface area contributed by atoms with Crippen molar-refractivity contribution in [2.24, 2.45) is 5.73 Å². The molecule has 1 atom stereocenters. The van der Waals surface area contributed by atoms with Crippen LogP contribution in [-0.2, 0) is 17.9 Å². The summed E-state index contributed by atoms with van der Waals surface area (Å²) in [4.78, 5) is 13.6. The van der Waals surface area contributed by atoms with Gasteiger partial charge in [0.2, 0.25) is 5.91 Å². The van der Waals surface area contributed by atoms with E-state index in [1.165, 1.54) is 11.1 Å². The molecule has 0 radical (unpaired) electrons. The number of nitrogens with two attached hydrogens (primary N) is 1. The molecule has 0 saturated heterocycles. The molecule has 26 heavy (non-hydrogen) atoms. The van der Waals surface area contributed by atoms with Crippen molar-refractivity contribution in [3.8, 4) is 5.75 Å². The van der Waals surface area contributed by atoms with E-state index < -0.39 is 6.04 Å². The second-order valence-corrected chi connectivity index (χ2v) is 6.76. The molecule has 0 aromatic heterocycles. The van der Waals surface area contributed by atoms with Crippen LogP contribution in [0.4, 0.5) is 0 Å². The monoisotopic (exact) mass is 376 g/mol. The lowest BCUT2D eigenvalue weighted by Crippen LogP contribution is -2.39. The van der Waals surface area contributed by atoms with Crippen LogP contribution in [0.2, 0.25) is 0 Å². The fourth-order valence-electron chi connectivity index (χ4n) is 2.98. The fraction of sp³-hybridized carbons (Fsp3) is 0.381. The molecule has 0 unspecified atom stereocenters. The lowest BCUT2D eigenvalue weighted by molar-refractivity contribution is -0.131. The molecule has 0 spiro atoms. The van der Waals surface area contributed by atoms with Crippen molar-refractivity contribution in [3.05, 3.63) is 64.2 Å². The number of benzene rings is 2. The van der Waals surface area contributed by atoms with E-state index in [4.69, 9.17) is 10.5 Å². The molecule has 0 aliphatic carbocycles. The molecule has 4 nitrogen and oxygen atoms in total. The van der Waals surface area contributed by atoms with Crippen LogP contribution in [0.3, 0.4) is 0 Å². The van der Waals surface area contributed by atoms with Crippen molar-refractivity contribution in [2.45, 2.75) is 46.9 Å². The summed E-state index contributed by atoms with van der Waals surface area (Å²) in [6, 6.07) is 11.9. The zero-order chi connectivity index (χ0) is 18.6. The van der Waals surface area contributed by atoms with Crippen molar-refractivity contribution in [3.63, 3.8) is 0 Å². The molecule has 1 amide bonds. The molecule has 0 bridgehead atoms. The largest absolute Gasteiger partial charge is 0.488 e. The van der Waals surface area contributed by atoms with Crippen LogP contribution in [0.15, 0.2) is 36.4 Å². The molecular formula is C21H29ClN2O2. The van der Waals surface area contributed by atoms with Crippen LogP contribution < -0.4 is 10.5 Å². The zero-order valence-corrected chi connectivity index (χ0v) is 17.0. The van der Waals surface area contributed by atoms with Gasteiger partial charge in [-0.1, -0.05) is 36.4 Å². The third kappa shape index (κ3) is 5.48. The van der Waals surface area contributed by atoms with Crippen molar-refractivity contribution in [1.82, 2.24) is 4.90 Å². The lowest BCUT2D eigenvalue weighted by Gasteiger charge is -2.21. The van der Waals surface area contributed by atoms with Crippen molar-refractivity contribution in [1.29, 1.82) is 0 Å². The minimum atomic E-state index is -0.482. The highest BCUT2D eigenvalue weighted by molar-refractivity contribution is 5.85. The Morgan fingerprint density at radius 2 is 1.69 bits per heavy atom. The summed E-state index contributed by atoms with van der Waals surface area (Å²) >= 11 is 0. The van der Waals surface area contributed by atoms with E-state index in [2.05, 4.69) is 31.2 Å². The first-order valence-corrected chi connectivity index (χ1v) is 8.57. The Morgan fingerprint density at radius 3 is 2.23 bits per heavy atom. The second-order valence-electron chi connectivity index (χ2n) is 6.76. The smallest absolute Gasteiger partial charge is 0.239 e. The van der Waals surface area contributed by atoms with Gasteiger partial charge in [0.25, 0.3) is 0 Å². The Morgan fingerprint density at radius 1 is 1.12 bits per heavy atom. The van der Waals surface area contributed by atoms with Gasteiger partial charge in [0.1, 0.15) is 12.4 Å². The highest BCUT2D eigenvalue weighted by Gasteiger charge is 2.15. The van der Waals surface area contributed by atoms with E-state index in [0.29, 0.717) is 13.2 Å². The molecule has 142 valence electrons. The van der Waals surface area contributed by atoms with E-state index in [0.717, 1.165) is 22.4 Å². The third-order valence-electron chi connectivity index (χ3n) is 4.34. The molecule has 2 rings (SSSR count). The van der Waals surface area contributed by atoms with Crippen molar-refractivity contribution in [2.75, 3.05) is 7.05 Å². The van der Waals surface area contributed by atoms with Gasteiger partial charge in [0.15, 0.2) is 0 Å². The minimum absolute atomic E-state index is 0. The number of likely N-dealkylation sites (N-methyl/N-ethyl adjacent to an activating group) is 1. The van der Waals surface area contributed by atoms with E-state index in [9.17, 15) is 4.79 Å². The summed E-state index contributed by atoms with van der Waals surface area (Å²) in [5.74, 6) is 0.850. The Labute approximate surface area is 162 Å². The zero-order valence-electron chi connectivity index (χ0n) is 16.2. The van der Waals surface area contributed by atoms with Gasteiger partial charge in [-0.3, -0.25) is 4.79 Å². The molecule has 2 aromatic carbocycles. The number of carbonyl (C=O) groups excluding carboxylic acids is 1. The number of halogens is 1. The summed E-state index contributed by atoms with van der Waals surface area (Å²) in [7, 11) is 1.78. The van der Waals surface area contributed by atoms with E-state index in [1.54, 1.807) is 18.9 Å². The predicted octanol–water partition coefficient (Wildman–Crippen LogP) is 3.92. The Hall–Kier alpha value is -2.04. The van der Waals surface area contributed by atoms with Gasteiger partial charge in [-0.2, -0.15) is 0 Å². The van der Waals surface area contributed by atoms with Crippen LogP contribution in [0.5, 0.6) is 5.75 Å². The molecule has 2 N–H and O–H groups in total. The number of aryl methyl sites for hydroxylation is 3. The maximum Gasteiger partial charge on any atom is 0.239 e. The first-order chi connectivity index (χ1) is 11.8. The van der Waals surface area contributed by atoms with Gasteiger partial charge in [-0.05, 0) is 55.5 Å². The highest BCUT2D eigenvalue weighted by Crippen LogP contribution is 2.26. The van der Waals surface area contributed by atoms with Gasteiger partial charge < -0.3 is 15.4 Å². The number of carbonyl (C=O) groups is 1. The first kappa shape index (κ1) is 22.0. The molecule has 0 aliphatic rings. The number of hydrogen-bond donors (Lipinski definition) is 1. The molecule has 0 fully saturated rings. The quantitative estimate of drug-likeness (QED) is 0.831. The Bertz CT molecular complexity index is 736. The molecule has 0 saturated carbocycles. The predicted molar refractivity (Wildman–Crippen MR) is 109 cm³/mol. The van der Waals surface area contributed by atoms with Gasteiger partial charge in [-0.15, -0.1) is 12.4 Å². The lowest BCUT2D eigenvalue weighted by atomic mass is 10.0. The van der Waals surface area contributed by atoms with Gasteiger partial charge in [0, 0.05) is 13.6 Å². The topological polar surface area (TPSA) is 55.6 Å². The van der Waals surface area contributed by atoms with Crippen molar-refractivity contribution < 1.29 is 9.53 Å². The molecular weight excluding hydrogens is 348 g/mol. The Kier molecular flexibility index (Phi) is 8.12. The summed E-state index contributed by atoms with van der Waals surface area (Å²) in [5, 5.41) is 0. The molecule has 2 aromatic rings. The molecule has 0 heterocycles. The average Bonchev–Trinajstić information content (AvgIpc) is 2.54. The van der Waals surface area contributed by atoms with Gasteiger partial charge >= 0.3 is 0 Å². The number of amides is 1. The summed E-state index contributed by atoms with van der Waals surface area (Å²) in [5.41, 5.74) is 11.3. The summed E-state index contributed by atoms with van der Waals surface area (Å²) < 4.78 is 6.08. The number of hydrogen-bond acceptors (Lipinski definition) is 3.